The van der Waals surface area contributed by atoms with E-state index in [1.165, 1.54) is 4.88 Å². The first-order valence-electron chi connectivity index (χ1n) is 8.46. The van der Waals surface area contributed by atoms with E-state index in [1.807, 2.05) is 32.5 Å². The Morgan fingerprint density at radius 1 is 1.38 bits per heavy atom. The lowest BCUT2D eigenvalue weighted by atomic mass is 10.1. The summed E-state index contributed by atoms with van der Waals surface area (Å²) in [6.45, 7) is 3.16. The molecular weight excluding hydrogens is 416 g/mol. The lowest BCUT2D eigenvalue weighted by Crippen LogP contribution is -2.34. The van der Waals surface area contributed by atoms with Gasteiger partial charge in [0.1, 0.15) is 0 Å². The van der Waals surface area contributed by atoms with Gasteiger partial charge < -0.3 is 19.7 Å². The second-order valence-corrected chi connectivity index (χ2v) is 7.88. The molecule has 0 spiro atoms. The Hall–Kier alpha value is -1.57. The van der Waals surface area contributed by atoms with Gasteiger partial charge in [-0.15, -0.1) is 11.3 Å². The van der Waals surface area contributed by atoms with Crippen molar-refractivity contribution in [3.8, 4) is 11.5 Å². The fourth-order valence-corrected chi connectivity index (χ4v) is 3.98. The fourth-order valence-electron chi connectivity index (χ4n) is 2.51. The summed E-state index contributed by atoms with van der Waals surface area (Å²) < 4.78 is 11.8. The van der Waals surface area contributed by atoms with E-state index in [4.69, 9.17) is 9.47 Å². The molecule has 0 radical (unpaired) electrons. The maximum atomic E-state index is 12.6. The first-order chi connectivity index (χ1) is 12.5. The number of hydrogen-bond donors (Lipinski definition) is 1. The zero-order valence-electron chi connectivity index (χ0n) is 15.5. The summed E-state index contributed by atoms with van der Waals surface area (Å²) in [5.41, 5.74) is 0.529. The highest BCUT2D eigenvalue weighted by atomic mass is 79.9. The zero-order valence-corrected chi connectivity index (χ0v) is 17.9. The normalized spacial score (nSPS) is 12.1. The minimum atomic E-state index is -0.144. The molecule has 0 bridgehead atoms. The average molecular weight is 441 g/mol. The molecule has 1 atom stereocenters. The van der Waals surface area contributed by atoms with Crippen molar-refractivity contribution in [1.29, 1.82) is 0 Å². The van der Waals surface area contributed by atoms with Crippen molar-refractivity contribution in [3.05, 3.63) is 44.6 Å². The molecule has 7 heteroatoms. The smallest absolute Gasteiger partial charge is 0.251 e. The number of carbonyl (C=O) groups excluding carboxylic acids is 1. The summed E-state index contributed by atoms with van der Waals surface area (Å²) in [6, 6.07) is 7.71. The lowest BCUT2D eigenvalue weighted by Gasteiger charge is -2.23. The Bertz CT molecular complexity index is 720. The van der Waals surface area contributed by atoms with Gasteiger partial charge in [0.15, 0.2) is 11.5 Å². The molecule has 26 heavy (non-hydrogen) atoms. The predicted molar refractivity (Wildman–Crippen MR) is 110 cm³/mol. The largest absolute Gasteiger partial charge is 0.493 e. The average Bonchev–Trinajstić information content (AvgIpc) is 3.14. The van der Waals surface area contributed by atoms with E-state index in [-0.39, 0.29) is 11.9 Å². The molecule has 0 saturated heterocycles. The summed E-state index contributed by atoms with van der Waals surface area (Å²) in [6.07, 6.45) is 0.895. The van der Waals surface area contributed by atoms with Gasteiger partial charge in [-0.1, -0.05) is 13.0 Å². The van der Waals surface area contributed by atoms with Gasteiger partial charge in [0.05, 0.1) is 24.2 Å². The van der Waals surface area contributed by atoms with Gasteiger partial charge in [-0.05, 0) is 60.0 Å². The van der Waals surface area contributed by atoms with Crippen LogP contribution in [0, 0.1) is 0 Å². The molecule has 0 saturated carbocycles. The number of benzene rings is 1. The number of thiophene rings is 1. The van der Waals surface area contributed by atoms with Crippen LogP contribution in [0.5, 0.6) is 11.5 Å². The molecule has 2 rings (SSSR count). The molecule has 1 aromatic carbocycles. The molecule has 0 fully saturated rings. The number of likely N-dealkylation sites (N-methyl/N-ethyl adjacent to an activating group) is 1. The van der Waals surface area contributed by atoms with Crippen molar-refractivity contribution in [1.82, 2.24) is 10.2 Å². The minimum Gasteiger partial charge on any atom is -0.493 e. The van der Waals surface area contributed by atoms with E-state index in [2.05, 4.69) is 32.2 Å². The van der Waals surface area contributed by atoms with Crippen molar-refractivity contribution in [2.45, 2.75) is 19.4 Å². The summed E-state index contributed by atoms with van der Waals surface area (Å²) in [4.78, 5) is 16.0. The van der Waals surface area contributed by atoms with Crippen LogP contribution in [0.25, 0.3) is 0 Å². The van der Waals surface area contributed by atoms with Gasteiger partial charge in [0.25, 0.3) is 5.91 Å². The Morgan fingerprint density at radius 3 is 2.73 bits per heavy atom. The predicted octanol–water partition coefficient (Wildman–Crippen LogP) is 4.34. The van der Waals surface area contributed by atoms with E-state index in [0.29, 0.717) is 34.7 Å². The Balaban J connectivity index is 2.12. The third-order valence-electron chi connectivity index (χ3n) is 3.89. The van der Waals surface area contributed by atoms with E-state index in [1.54, 1.807) is 30.6 Å². The Labute approximate surface area is 167 Å². The van der Waals surface area contributed by atoms with Gasteiger partial charge in [-0.2, -0.15) is 0 Å². The highest BCUT2D eigenvalue weighted by Gasteiger charge is 2.19. The van der Waals surface area contributed by atoms with Crippen LogP contribution in [0.15, 0.2) is 34.1 Å². The summed E-state index contributed by atoms with van der Waals surface area (Å²) in [7, 11) is 5.59. The van der Waals surface area contributed by atoms with Crippen molar-refractivity contribution in [2.24, 2.45) is 0 Å². The quantitative estimate of drug-likeness (QED) is 0.629. The number of halogens is 1. The third-order valence-corrected chi connectivity index (χ3v) is 5.46. The first-order valence-corrected chi connectivity index (χ1v) is 10.1. The van der Waals surface area contributed by atoms with Crippen molar-refractivity contribution < 1.29 is 14.3 Å². The molecule has 1 aromatic heterocycles. The van der Waals surface area contributed by atoms with Crippen molar-refractivity contribution >= 4 is 33.2 Å². The zero-order chi connectivity index (χ0) is 19.1. The van der Waals surface area contributed by atoms with Gasteiger partial charge in [0, 0.05) is 17.0 Å². The summed E-state index contributed by atoms with van der Waals surface area (Å²) in [5, 5.41) is 5.06. The number of nitrogens with zero attached hydrogens (tertiary/aromatic N) is 1. The fraction of sp³-hybridized carbons (Fsp3) is 0.421. The molecule has 0 aliphatic rings. The molecule has 0 aliphatic carbocycles. The SMILES string of the molecule is CCCOc1c(Br)cc(C(=O)NCC(c2cccs2)N(C)C)cc1OC. The number of rotatable bonds is 9. The topological polar surface area (TPSA) is 50.8 Å². The monoisotopic (exact) mass is 440 g/mol. The van der Waals surface area contributed by atoms with Crippen LogP contribution in [0.2, 0.25) is 0 Å². The molecule has 0 aliphatic heterocycles. The number of ether oxygens (including phenoxy) is 2. The molecule has 142 valence electrons. The van der Waals surface area contributed by atoms with Crippen LogP contribution >= 0.6 is 27.3 Å². The van der Waals surface area contributed by atoms with Gasteiger partial charge >= 0.3 is 0 Å². The van der Waals surface area contributed by atoms with Gasteiger partial charge in [-0.25, -0.2) is 0 Å². The molecule has 1 amide bonds. The van der Waals surface area contributed by atoms with Crippen LogP contribution in [0.3, 0.4) is 0 Å². The Morgan fingerprint density at radius 2 is 2.15 bits per heavy atom. The van der Waals surface area contributed by atoms with E-state index < -0.39 is 0 Å². The summed E-state index contributed by atoms with van der Waals surface area (Å²) >= 11 is 5.17. The standard InChI is InChI=1S/C19H25BrN2O3S/c1-5-8-25-18-14(20)10-13(11-16(18)24-4)19(23)21-12-15(22(2)3)17-7-6-9-26-17/h6-7,9-11,15H,5,8,12H2,1-4H3,(H,21,23). The molecule has 1 unspecified atom stereocenters. The van der Waals surface area contributed by atoms with Crippen molar-refractivity contribution in [2.75, 3.05) is 34.4 Å². The van der Waals surface area contributed by atoms with Crippen LogP contribution in [0.1, 0.15) is 34.6 Å². The van der Waals surface area contributed by atoms with Crippen LogP contribution in [-0.2, 0) is 0 Å². The van der Waals surface area contributed by atoms with Gasteiger partial charge in [-0.3, -0.25) is 4.79 Å². The number of methoxy groups -OCH3 is 1. The second kappa shape index (κ2) is 9.94. The van der Waals surface area contributed by atoms with Crippen LogP contribution in [0.4, 0.5) is 0 Å². The highest BCUT2D eigenvalue weighted by molar-refractivity contribution is 9.10. The minimum absolute atomic E-state index is 0.136. The number of hydrogen-bond acceptors (Lipinski definition) is 5. The first kappa shape index (κ1) is 20.7. The van der Waals surface area contributed by atoms with E-state index in [0.717, 1.165) is 6.42 Å². The number of nitrogens with one attached hydrogen (secondary N) is 1. The number of carbonyl (C=O) groups is 1. The molecular formula is C19H25BrN2O3S. The summed E-state index contributed by atoms with van der Waals surface area (Å²) in [5.74, 6) is 1.02. The van der Waals surface area contributed by atoms with Gasteiger partial charge in [0.2, 0.25) is 0 Å². The van der Waals surface area contributed by atoms with Crippen LogP contribution < -0.4 is 14.8 Å². The maximum absolute atomic E-state index is 12.6. The Kier molecular flexibility index (Phi) is 7.93. The van der Waals surface area contributed by atoms with Crippen molar-refractivity contribution in [3.63, 3.8) is 0 Å². The third kappa shape index (κ3) is 5.22. The van der Waals surface area contributed by atoms with Crippen LogP contribution in [-0.4, -0.2) is 45.2 Å². The van der Waals surface area contributed by atoms with E-state index in [9.17, 15) is 4.79 Å². The lowest BCUT2D eigenvalue weighted by molar-refractivity contribution is 0.0941. The number of amides is 1. The molecule has 5 nitrogen and oxygen atoms in total. The highest BCUT2D eigenvalue weighted by Crippen LogP contribution is 2.36. The second-order valence-electron chi connectivity index (χ2n) is 6.04. The maximum Gasteiger partial charge on any atom is 0.251 e. The molecule has 1 N–H and O–H groups in total. The molecule has 2 aromatic rings. The molecule has 1 heterocycles. The van der Waals surface area contributed by atoms with E-state index >= 15 is 0 Å².